The van der Waals surface area contributed by atoms with Crippen LogP contribution in [0.3, 0.4) is 0 Å². The molecule has 0 saturated heterocycles. The van der Waals surface area contributed by atoms with Crippen LogP contribution in [0.15, 0.2) is 48.8 Å². The molecule has 0 N–H and O–H groups in total. The molecule has 0 spiro atoms. The van der Waals surface area contributed by atoms with Gasteiger partial charge in [-0.15, -0.1) is 0 Å². The Balaban J connectivity index is 0.000000209. The predicted octanol–water partition coefficient (Wildman–Crippen LogP) is 6.71. The van der Waals surface area contributed by atoms with Crippen molar-refractivity contribution in [3.63, 3.8) is 0 Å². The van der Waals surface area contributed by atoms with Gasteiger partial charge in [0.15, 0.2) is 23.3 Å². The summed E-state index contributed by atoms with van der Waals surface area (Å²) in [5, 5.41) is 0. The van der Waals surface area contributed by atoms with E-state index in [0.29, 0.717) is 0 Å². The van der Waals surface area contributed by atoms with Crippen molar-refractivity contribution in [1.29, 1.82) is 0 Å². The Bertz CT molecular complexity index is 859. The van der Waals surface area contributed by atoms with Gasteiger partial charge in [0.2, 0.25) is 0 Å². The second kappa shape index (κ2) is 10.7. The Kier molecular flexibility index (Phi) is 8.67. The number of halogens is 6. The maximum absolute atomic E-state index is 12.8. The zero-order valence-corrected chi connectivity index (χ0v) is 18.7. The second-order valence-corrected chi connectivity index (χ2v) is 7.43. The lowest BCUT2D eigenvalue weighted by molar-refractivity contribution is 0.415. The van der Waals surface area contributed by atoms with Gasteiger partial charge >= 0.3 is 0 Å². The highest BCUT2D eigenvalue weighted by atomic mass is 127. The molecule has 1 aromatic heterocycles. The Morgan fingerprint density at radius 1 is 0.714 bits per heavy atom. The van der Waals surface area contributed by atoms with Gasteiger partial charge in [-0.2, -0.15) is 0 Å². The molecule has 0 amide bonds. The topological polar surface area (TPSA) is 22.1 Å². The summed E-state index contributed by atoms with van der Waals surface area (Å²) in [6.45, 7) is 0. The first-order chi connectivity index (χ1) is 13.3. The van der Waals surface area contributed by atoms with Crippen molar-refractivity contribution in [2.45, 2.75) is 0 Å². The zero-order valence-electron chi connectivity index (χ0n) is 14.4. The van der Waals surface area contributed by atoms with Crippen LogP contribution in [0.4, 0.5) is 17.6 Å². The SMILES string of the molecule is COc1ccc(/C=C/c2ccncc2)cc1.Fc1c(F)c(I)c(F)c(I)c1F. The summed E-state index contributed by atoms with van der Waals surface area (Å²) in [5.74, 6) is -4.78. The molecule has 3 rings (SSSR count). The first kappa shape index (κ1) is 22.6. The van der Waals surface area contributed by atoms with Gasteiger partial charge in [-0.05, 0) is 80.6 Å². The van der Waals surface area contributed by atoms with E-state index < -0.39 is 30.4 Å². The van der Waals surface area contributed by atoms with Crippen LogP contribution >= 0.6 is 45.2 Å². The smallest absolute Gasteiger partial charge is 0.196 e. The molecule has 0 bridgehead atoms. The fraction of sp³-hybridized carbons (Fsp3) is 0.0500. The Morgan fingerprint density at radius 2 is 1.18 bits per heavy atom. The highest BCUT2D eigenvalue weighted by Gasteiger charge is 2.21. The number of hydrogen-bond donors (Lipinski definition) is 0. The van der Waals surface area contributed by atoms with Gasteiger partial charge in [0, 0.05) is 12.4 Å². The number of aromatic nitrogens is 1. The van der Waals surface area contributed by atoms with Crippen molar-refractivity contribution in [3.8, 4) is 5.75 Å². The van der Waals surface area contributed by atoms with Crippen LogP contribution in [0.1, 0.15) is 11.1 Å². The molecule has 8 heteroatoms. The first-order valence-corrected chi connectivity index (χ1v) is 9.90. The monoisotopic (exact) mass is 613 g/mol. The molecule has 0 aliphatic carbocycles. The summed E-state index contributed by atoms with van der Waals surface area (Å²) in [6, 6.07) is 11.9. The first-order valence-electron chi connectivity index (χ1n) is 7.74. The van der Waals surface area contributed by atoms with Crippen molar-refractivity contribution in [2.24, 2.45) is 0 Å². The lowest BCUT2D eigenvalue weighted by atomic mass is 10.1. The lowest BCUT2D eigenvalue weighted by Gasteiger charge is -2.02. The van der Waals surface area contributed by atoms with E-state index in [-0.39, 0.29) is 0 Å². The van der Waals surface area contributed by atoms with Gasteiger partial charge < -0.3 is 4.74 Å². The molecule has 0 atom stereocenters. The van der Waals surface area contributed by atoms with Crippen molar-refractivity contribution in [2.75, 3.05) is 7.11 Å². The fourth-order valence-electron chi connectivity index (χ4n) is 1.96. The average Bonchev–Trinajstić information content (AvgIpc) is 2.75. The number of pyridine rings is 1. The number of ether oxygens (including phenoxy) is 1. The fourth-order valence-corrected chi connectivity index (χ4v) is 3.49. The third-order valence-electron chi connectivity index (χ3n) is 3.45. The number of hydrogen-bond acceptors (Lipinski definition) is 2. The molecular weight excluding hydrogens is 600 g/mol. The van der Waals surface area contributed by atoms with E-state index in [1.165, 1.54) is 45.2 Å². The highest BCUT2D eigenvalue weighted by molar-refractivity contribution is 14.1. The third kappa shape index (κ3) is 5.90. The molecule has 0 aliphatic rings. The highest BCUT2D eigenvalue weighted by Crippen LogP contribution is 2.26. The summed E-state index contributed by atoms with van der Waals surface area (Å²) in [7, 11) is 1.67. The van der Waals surface area contributed by atoms with Gasteiger partial charge in [0.1, 0.15) is 5.75 Å². The summed E-state index contributed by atoms with van der Waals surface area (Å²) in [6.07, 6.45) is 7.69. The Hall–Kier alpha value is -1.69. The minimum absolute atomic E-state index is 0.532. The maximum Gasteiger partial charge on any atom is 0.196 e. The predicted molar refractivity (Wildman–Crippen MR) is 118 cm³/mol. The molecule has 0 fully saturated rings. The van der Waals surface area contributed by atoms with Gasteiger partial charge in [0.25, 0.3) is 0 Å². The summed E-state index contributed by atoms with van der Waals surface area (Å²) >= 11 is 2.55. The maximum atomic E-state index is 12.8. The summed E-state index contributed by atoms with van der Waals surface area (Å²) in [4.78, 5) is 3.97. The molecular formula is C20H13F4I2NO. The Morgan fingerprint density at radius 3 is 1.64 bits per heavy atom. The molecule has 0 unspecified atom stereocenters. The van der Waals surface area contributed by atoms with Gasteiger partial charge in [-0.1, -0.05) is 24.3 Å². The van der Waals surface area contributed by atoms with Crippen molar-refractivity contribution in [1.82, 2.24) is 4.98 Å². The molecule has 28 heavy (non-hydrogen) atoms. The molecule has 1 heterocycles. The average molecular weight is 613 g/mol. The van der Waals surface area contributed by atoms with E-state index in [4.69, 9.17) is 4.74 Å². The van der Waals surface area contributed by atoms with Gasteiger partial charge in [-0.3, -0.25) is 4.98 Å². The molecule has 3 aromatic rings. The van der Waals surface area contributed by atoms with Crippen LogP contribution in [0.2, 0.25) is 0 Å². The molecule has 0 saturated carbocycles. The molecule has 0 aliphatic heterocycles. The molecule has 2 nitrogen and oxygen atoms in total. The molecule has 146 valence electrons. The second-order valence-electron chi connectivity index (χ2n) is 5.27. The van der Waals surface area contributed by atoms with E-state index in [2.05, 4.69) is 17.1 Å². The van der Waals surface area contributed by atoms with Crippen molar-refractivity contribution in [3.05, 3.63) is 90.3 Å². The minimum atomic E-state index is -1.63. The van der Waals surface area contributed by atoms with Crippen LogP contribution in [0.5, 0.6) is 5.75 Å². The lowest BCUT2D eigenvalue weighted by Crippen LogP contribution is -2.02. The van der Waals surface area contributed by atoms with Crippen molar-refractivity contribution >= 4 is 57.3 Å². The standard InChI is InChI=1S/C14H13NO.C6F4I2/c1-16-14-6-4-12(5-7-14)2-3-13-8-10-15-11-9-13;7-1-2(8)5(11)4(10)6(12)3(1)9/h2-11H,1H3;/b3-2+;. The van der Waals surface area contributed by atoms with E-state index in [1.54, 1.807) is 19.5 Å². The van der Waals surface area contributed by atoms with E-state index >= 15 is 0 Å². The summed E-state index contributed by atoms with van der Waals surface area (Å²) < 4.78 is 54.4. The summed E-state index contributed by atoms with van der Waals surface area (Å²) in [5.41, 5.74) is 2.29. The number of methoxy groups -OCH3 is 1. The van der Waals surface area contributed by atoms with E-state index in [1.807, 2.05) is 36.4 Å². The largest absolute Gasteiger partial charge is 0.497 e. The van der Waals surface area contributed by atoms with Crippen LogP contribution in [0, 0.1) is 30.4 Å². The normalized spacial score (nSPS) is 10.5. The van der Waals surface area contributed by atoms with Crippen LogP contribution < -0.4 is 4.74 Å². The van der Waals surface area contributed by atoms with Gasteiger partial charge in [0.05, 0.1) is 14.3 Å². The molecule has 0 radical (unpaired) electrons. The minimum Gasteiger partial charge on any atom is -0.497 e. The van der Waals surface area contributed by atoms with Crippen molar-refractivity contribution < 1.29 is 22.3 Å². The van der Waals surface area contributed by atoms with E-state index in [9.17, 15) is 17.6 Å². The number of benzene rings is 2. The zero-order chi connectivity index (χ0) is 20.7. The number of nitrogens with zero attached hydrogens (tertiary/aromatic N) is 1. The van der Waals surface area contributed by atoms with Crippen LogP contribution in [-0.4, -0.2) is 12.1 Å². The quantitative estimate of drug-likeness (QED) is 0.142. The van der Waals surface area contributed by atoms with Crippen LogP contribution in [0.25, 0.3) is 12.2 Å². The van der Waals surface area contributed by atoms with Crippen LogP contribution in [-0.2, 0) is 0 Å². The third-order valence-corrected chi connectivity index (χ3v) is 5.34. The molecule has 2 aromatic carbocycles. The Labute approximate surface area is 186 Å². The van der Waals surface area contributed by atoms with E-state index in [0.717, 1.165) is 16.9 Å². The van der Waals surface area contributed by atoms with Gasteiger partial charge in [-0.25, -0.2) is 17.6 Å². The number of rotatable bonds is 3.